The van der Waals surface area contributed by atoms with Gasteiger partial charge in [-0.25, -0.2) is 4.39 Å². The highest BCUT2D eigenvalue weighted by molar-refractivity contribution is 14.0. The number of aromatic amines is 1. The molecule has 0 unspecified atom stereocenters. The van der Waals surface area contributed by atoms with E-state index in [0.717, 1.165) is 22.9 Å². The number of aliphatic imine (C=N–C) groups is 1. The number of benzene rings is 1. The largest absolute Gasteiger partial charge is 0.361 e. The summed E-state index contributed by atoms with van der Waals surface area (Å²) in [5.74, 6) is 1.52. The summed E-state index contributed by atoms with van der Waals surface area (Å²) in [6.45, 7) is 2.87. The van der Waals surface area contributed by atoms with Gasteiger partial charge in [0.05, 0.1) is 6.54 Å². The Bertz CT molecular complexity index is 859. The van der Waals surface area contributed by atoms with Crippen LogP contribution in [0.3, 0.4) is 0 Å². The van der Waals surface area contributed by atoms with Crippen molar-refractivity contribution in [1.29, 1.82) is 0 Å². The Morgan fingerprint density at radius 3 is 2.92 bits per heavy atom. The van der Waals surface area contributed by atoms with Crippen molar-refractivity contribution in [3.8, 4) is 0 Å². The Kier molecular flexibility index (Phi) is 6.73. The molecule has 7 nitrogen and oxygen atoms in total. The fourth-order valence-electron chi connectivity index (χ4n) is 2.47. The van der Waals surface area contributed by atoms with Gasteiger partial charge in [-0.1, -0.05) is 5.16 Å². The van der Waals surface area contributed by atoms with Gasteiger partial charge in [-0.05, 0) is 37.1 Å². The predicted octanol–water partition coefficient (Wildman–Crippen LogP) is 2.52. The van der Waals surface area contributed by atoms with Gasteiger partial charge < -0.3 is 20.1 Å². The summed E-state index contributed by atoms with van der Waals surface area (Å²) in [5, 5.41) is 11.1. The molecule has 0 saturated heterocycles. The van der Waals surface area contributed by atoms with E-state index in [0.29, 0.717) is 30.8 Å². The quantitative estimate of drug-likeness (QED) is 0.311. The Hall–Kier alpha value is -2.17. The van der Waals surface area contributed by atoms with Crippen LogP contribution in [0.4, 0.5) is 4.39 Å². The van der Waals surface area contributed by atoms with Crippen molar-refractivity contribution in [2.45, 2.75) is 19.9 Å². The van der Waals surface area contributed by atoms with E-state index in [9.17, 15) is 4.39 Å². The summed E-state index contributed by atoms with van der Waals surface area (Å²) >= 11 is 0. The molecule has 134 valence electrons. The highest BCUT2D eigenvalue weighted by Gasteiger charge is 2.06. The number of H-pyrrole nitrogens is 1. The lowest BCUT2D eigenvalue weighted by Crippen LogP contribution is -2.37. The van der Waals surface area contributed by atoms with Crippen molar-refractivity contribution in [3.05, 3.63) is 47.5 Å². The molecule has 0 amide bonds. The maximum Gasteiger partial charge on any atom is 0.246 e. The molecule has 0 radical (unpaired) electrons. The van der Waals surface area contributed by atoms with Crippen LogP contribution in [0.2, 0.25) is 0 Å². The topological polar surface area (TPSA) is 91.1 Å². The molecule has 0 atom stereocenters. The maximum absolute atomic E-state index is 13.2. The van der Waals surface area contributed by atoms with Crippen LogP contribution in [-0.4, -0.2) is 34.7 Å². The lowest BCUT2D eigenvalue weighted by molar-refractivity contribution is 0.371. The Balaban J connectivity index is 0.00000225. The number of rotatable bonds is 5. The number of hydrogen-bond acceptors (Lipinski definition) is 4. The van der Waals surface area contributed by atoms with Gasteiger partial charge in [0, 0.05) is 30.7 Å². The van der Waals surface area contributed by atoms with Gasteiger partial charge >= 0.3 is 0 Å². The predicted molar refractivity (Wildman–Crippen MR) is 105 cm³/mol. The Morgan fingerprint density at radius 1 is 1.36 bits per heavy atom. The van der Waals surface area contributed by atoms with Crippen LogP contribution in [0.25, 0.3) is 10.9 Å². The molecule has 3 aromatic rings. The van der Waals surface area contributed by atoms with Crippen molar-refractivity contribution < 1.29 is 8.91 Å². The van der Waals surface area contributed by atoms with Gasteiger partial charge in [0.2, 0.25) is 5.89 Å². The van der Waals surface area contributed by atoms with Gasteiger partial charge in [-0.2, -0.15) is 4.98 Å². The second kappa shape index (κ2) is 8.79. The van der Waals surface area contributed by atoms with Crippen LogP contribution in [0.15, 0.2) is 33.9 Å². The Labute approximate surface area is 161 Å². The van der Waals surface area contributed by atoms with Crippen LogP contribution in [0.1, 0.15) is 17.3 Å². The average Bonchev–Trinajstić information content (AvgIpc) is 3.16. The third-order valence-corrected chi connectivity index (χ3v) is 3.62. The van der Waals surface area contributed by atoms with E-state index in [-0.39, 0.29) is 29.8 Å². The fourth-order valence-corrected chi connectivity index (χ4v) is 2.47. The van der Waals surface area contributed by atoms with Gasteiger partial charge in [-0.15, -0.1) is 24.0 Å². The number of nitrogens with one attached hydrogen (secondary N) is 3. The summed E-state index contributed by atoms with van der Waals surface area (Å²) in [5.41, 5.74) is 1.93. The molecule has 0 spiro atoms. The van der Waals surface area contributed by atoms with E-state index in [1.54, 1.807) is 20.0 Å². The molecule has 25 heavy (non-hydrogen) atoms. The molecule has 0 aliphatic heterocycles. The zero-order valence-electron chi connectivity index (χ0n) is 14.0. The highest BCUT2D eigenvalue weighted by atomic mass is 127. The summed E-state index contributed by atoms with van der Waals surface area (Å²) in [6.07, 6.45) is 2.69. The second-order valence-corrected chi connectivity index (χ2v) is 5.34. The summed E-state index contributed by atoms with van der Waals surface area (Å²) in [4.78, 5) is 11.4. The first-order valence-corrected chi connectivity index (χ1v) is 7.65. The van der Waals surface area contributed by atoms with Gasteiger partial charge in [0.1, 0.15) is 5.82 Å². The minimum Gasteiger partial charge on any atom is -0.361 e. The first kappa shape index (κ1) is 19.2. The zero-order valence-corrected chi connectivity index (χ0v) is 16.3. The number of nitrogens with zero attached hydrogens (tertiary/aromatic N) is 3. The summed E-state index contributed by atoms with van der Waals surface area (Å²) < 4.78 is 18.2. The minimum absolute atomic E-state index is 0. The highest BCUT2D eigenvalue weighted by Crippen LogP contribution is 2.19. The SMILES string of the molecule is CN=C(NCCc1c[nH]c2cc(F)ccc12)NCc1nc(C)no1.I. The van der Waals surface area contributed by atoms with Crippen molar-refractivity contribution in [3.63, 3.8) is 0 Å². The minimum atomic E-state index is -0.241. The normalized spacial score (nSPS) is 11.4. The van der Waals surface area contributed by atoms with Gasteiger partial charge in [0.15, 0.2) is 11.8 Å². The molecule has 0 saturated carbocycles. The van der Waals surface area contributed by atoms with E-state index in [4.69, 9.17) is 4.52 Å². The number of aryl methyl sites for hydroxylation is 1. The maximum atomic E-state index is 13.2. The first-order chi connectivity index (χ1) is 11.7. The van der Waals surface area contributed by atoms with E-state index < -0.39 is 0 Å². The van der Waals surface area contributed by atoms with Crippen LogP contribution < -0.4 is 10.6 Å². The van der Waals surface area contributed by atoms with Crippen molar-refractivity contribution in [1.82, 2.24) is 25.8 Å². The molecule has 3 rings (SSSR count). The van der Waals surface area contributed by atoms with E-state index in [2.05, 4.69) is 30.8 Å². The molecule has 0 bridgehead atoms. The fraction of sp³-hybridized carbons (Fsp3) is 0.312. The van der Waals surface area contributed by atoms with Crippen molar-refractivity contribution in [2.24, 2.45) is 4.99 Å². The smallest absolute Gasteiger partial charge is 0.246 e. The molecule has 2 heterocycles. The van der Waals surface area contributed by atoms with Crippen LogP contribution in [-0.2, 0) is 13.0 Å². The van der Waals surface area contributed by atoms with Gasteiger partial charge in [-0.3, -0.25) is 4.99 Å². The number of halogens is 2. The van der Waals surface area contributed by atoms with Gasteiger partial charge in [0.25, 0.3) is 0 Å². The molecule has 0 aliphatic carbocycles. The lowest BCUT2D eigenvalue weighted by atomic mass is 10.1. The number of hydrogen-bond donors (Lipinski definition) is 3. The standard InChI is InChI=1S/C16H19FN6O.HI/c1-10-22-15(24-23-10)9-21-16(18-2)19-6-5-11-8-20-14-7-12(17)3-4-13(11)14;/h3-4,7-8,20H,5-6,9H2,1-2H3,(H2,18,19,21);1H. The van der Waals surface area contributed by atoms with E-state index in [1.165, 1.54) is 12.1 Å². The molecule has 3 N–H and O–H groups in total. The third kappa shape index (κ3) is 4.91. The Morgan fingerprint density at radius 2 is 2.20 bits per heavy atom. The van der Waals surface area contributed by atoms with Crippen LogP contribution in [0, 0.1) is 12.7 Å². The van der Waals surface area contributed by atoms with E-state index >= 15 is 0 Å². The van der Waals surface area contributed by atoms with Crippen molar-refractivity contribution in [2.75, 3.05) is 13.6 Å². The van der Waals surface area contributed by atoms with Crippen molar-refractivity contribution >= 4 is 40.8 Å². The van der Waals surface area contributed by atoms with E-state index in [1.807, 2.05) is 6.20 Å². The molecular formula is C16H20FIN6O. The monoisotopic (exact) mass is 458 g/mol. The molecule has 1 aromatic carbocycles. The second-order valence-electron chi connectivity index (χ2n) is 5.34. The first-order valence-electron chi connectivity index (χ1n) is 7.65. The number of aromatic nitrogens is 3. The average molecular weight is 458 g/mol. The van der Waals surface area contributed by atoms with Crippen LogP contribution >= 0.6 is 24.0 Å². The number of fused-ring (bicyclic) bond motifs is 1. The van der Waals surface area contributed by atoms with Crippen LogP contribution in [0.5, 0.6) is 0 Å². The molecular weight excluding hydrogens is 438 g/mol. The molecule has 0 aliphatic rings. The number of guanidine groups is 1. The summed E-state index contributed by atoms with van der Waals surface area (Å²) in [7, 11) is 1.70. The zero-order chi connectivity index (χ0) is 16.9. The lowest BCUT2D eigenvalue weighted by Gasteiger charge is -2.10. The molecule has 0 fully saturated rings. The molecule has 9 heteroatoms. The summed E-state index contributed by atoms with van der Waals surface area (Å²) in [6, 6.07) is 4.76. The third-order valence-electron chi connectivity index (χ3n) is 3.62. The molecule has 2 aromatic heterocycles.